The van der Waals surface area contributed by atoms with Crippen LogP contribution in [0.25, 0.3) is 11.2 Å². The fraction of sp³-hybridized carbons (Fsp3) is 0.545. The normalized spacial score (nSPS) is 16.0. The minimum absolute atomic E-state index is 0.280. The van der Waals surface area contributed by atoms with Gasteiger partial charge in [-0.2, -0.15) is 0 Å². The van der Waals surface area contributed by atoms with Crippen LogP contribution < -0.4 is 5.73 Å². The van der Waals surface area contributed by atoms with Crippen LogP contribution in [0, 0.1) is 0 Å². The van der Waals surface area contributed by atoms with E-state index in [9.17, 15) is 0 Å². The van der Waals surface area contributed by atoms with Crippen molar-refractivity contribution in [1.29, 1.82) is 0 Å². The van der Waals surface area contributed by atoms with Crippen molar-refractivity contribution in [3.63, 3.8) is 0 Å². The van der Waals surface area contributed by atoms with Crippen LogP contribution in [0.15, 0.2) is 12.7 Å². The Hall–Kier alpha value is -1.73. The van der Waals surface area contributed by atoms with Gasteiger partial charge in [-0.3, -0.25) is 0 Å². The fourth-order valence-corrected chi connectivity index (χ4v) is 1.86. The highest BCUT2D eigenvalue weighted by atomic mass is 16.6. The first-order chi connectivity index (χ1) is 8.84. The van der Waals surface area contributed by atoms with Gasteiger partial charge in [0.25, 0.3) is 0 Å². The quantitative estimate of drug-likeness (QED) is 0.762. The third kappa shape index (κ3) is 2.14. The van der Waals surface area contributed by atoms with Crippen molar-refractivity contribution < 1.29 is 9.47 Å². The number of nitrogen functional groups attached to an aromatic ring is 1. The summed E-state index contributed by atoms with van der Waals surface area (Å²) in [5.41, 5.74) is 7.16. The van der Waals surface area contributed by atoms with E-state index < -0.39 is 0 Å². The number of fused-ring (bicyclic) bond motifs is 1. The van der Waals surface area contributed by atoms with Crippen LogP contribution in [0.4, 0.5) is 5.82 Å². The van der Waals surface area contributed by atoms with E-state index in [1.807, 2.05) is 4.57 Å². The molecule has 0 amide bonds. The highest BCUT2D eigenvalue weighted by Crippen LogP contribution is 2.14. The average molecular weight is 249 g/mol. The summed E-state index contributed by atoms with van der Waals surface area (Å²) in [5.74, 6) is 0.418. The van der Waals surface area contributed by atoms with E-state index in [0.717, 1.165) is 31.8 Å². The van der Waals surface area contributed by atoms with Gasteiger partial charge in [0.1, 0.15) is 17.9 Å². The molecule has 7 nitrogen and oxygen atoms in total. The molecule has 0 aromatic carbocycles. The van der Waals surface area contributed by atoms with Crippen molar-refractivity contribution in [3.05, 3.63) is 12.7 Å². The van der Waals surface area contributed by atoms with Crippen LogP contribution in [0.5, 0.6) is 0 Å². The van der Waals surface area contributed by atoms with Crippen molar-refractivity contribution >= 4 is 17.0 Å². The zero-order chi connectivity index (χ0) is 12.4. The molecule has 3 heterocycles. The number of aryl methyl sites for hydroxylation is 1. The molecule has 1 saturated heterocycles. The Morgan fingerprint density at radius 3 is 3.06 bits per heavy atom. The summed E-state index contributed by atoms with van der Waals surface area (Å²) in [6.45, 7) is 2.96. The van der Waals surface area contributed by atoms with E-state index >= 15 is 0 Å². The molecular weight excluding hydrogens is 234 g/mol. The van der Waals surface area contributed by atoms with Crippen LogP contribution in [0.2, 0.25) is 0 Å². The second kappa shape index (κ2) is 4.87. The van der Waals surface area contributed by atoms with Crippen molar-refractivity contribution in [2.24, 2.45) is 0 Å². The van der Waals surface area contributed by atoms with Gasteiger partial charge in [-0.1, -0.05) is 0 Å². The lowest BCUT2D eigenvalue weighted by molar-refractivity contribution is -0.130. The molecule has 2 N–H and O–H groups in total. The Labute approximate surface area is 104 Å². The molecule has 2 aromatic heterocycles. The lowest BCUT2D eigenvalue weighted by Crippen LogP contribution is -2.36. The van der Waals surface area contributed by atoms with Gasteiger partial charge in [0.05, 0.1) is 19.5 Å². The number of ether oxygens (including phenoxy) is 2. The summed E-state index contributed by atoms with van der Waals surface area (Å²) in [4.78, 5) is 12.3. The first kappa shape index (κ1) is 11.4. The van der Waals surface area contributed by atoms with Crippen LogP contribution in [0.1, 0.15) is 6.42 Å². The fourth-order valence-electron chi connectivity index (χ4n) is 1.86. The van der Waals surface area contributed by atoms with Gasteiger partial charge in [0, 0.05) is 13.2 Å². The minimum Gasteiger partial charge on any atom is -0.382 e. The number of aromatic nitrogens is 4. The van der Waals surface area contributed by atoms with Crippen molar-refractivity contribution in [2.45, 2.75) is 19.1 Å². The zero-order valence-corrected chi connectivity index (χ0v) is 9.95. The molecule has 7 heteroatoms. The first-order valence-corrected chi connectivity index (χ1v) is 5.95. The highest BCUT2D eigenvalue weighted by Gasteiger charge is 2.18. The molecule has 1 aliphatic rings. The topological polar surface area (TPSA) is 88.1 Å². The Bertz CT molecular complexity index is 537. The molecule has 1 aliphatic heterocycles. The molecule has 0 spiro atoms. The highest BCUT2D eigenvalue weighted by molar-refractivity contribution is 5.80. The third-order valence-corrected chi connectivity index (χ3v) is 2.93. The largest absolute Gasteiger partial charge is 0.382 e. The standard InChI is InChI=1S/C11H15N5O2/c12-10-9-11(14-6-13-10)16(7-15-9)2-1-3-18-8-4-17-5-8/h6-8H,1-5H2,(H2,12,13,14). The van der Waals surface area contributed by atoms with E-state index in [-0.39, 0.29) is 6.10 Å². The summed E-state index contributed by atoms with van der Waals surface area (Å²) < 4.78 is 12.6. The minimum atomic E-state index is 0.280. The van der Waals surface area contributed by atoms with Gasteiger partial charge < -0.3 is 19.8 Å². The average Bonchev–Trinajstić information content (AvgIpc) is 2.71. The Kier molecular flexibility index (Phi) is 3.07. The summed E-state index contributed by atoms with van der Waals surface area (Å²) in [6, 6.07) is 0. The number of anilines is 1. The molecule has 0 unspecified atom stereocenters. The smallest absolute Gasteiger partial charge is 0.165 e. The van der Waals surface area contributed by atoms with Crippen LogP contribution >= 0.6 is 0 Å². The second-order valence-corrected chi connectivity index (χ2v) is 4.25. The number of rotatable bonds is 5. The number of hydrogen-bond donors (Lipinski definition) is 1. The predicted molar refractivity (Wildman–Crippen MR) is 64.9 cm³/mol. The maximum atomic E-state index is 5.72. The summed E-state index contributed by atoms with van der Waals surface area (Å²) in [5, 5.41) is 0. The number of nitrogens with two attached hydrogens (primary N) is 1. The van der Waals surface area contributed by atoms with E-state index in [2.05, 4.69) is 15.0 Å². The third-order valence-electron chi connectivity index (χ3n) is 2.93. The maximum Gasteiger partial charge on any atom is 0.165 e. The van der Waals surface area contributed by atoms with Crippen molar-refractivity contribution in [2.75, 3.05) is 25.6 Å². The molecule has 2 aromatic rings. The monoisotopic (exact) mass is 249 g/mol. The second-order valence-electron chi connectivity index (χ2n) is 4.25. The summed E-state index contributed by atoms with van der Waals surface area (Å²) in [6.07, 6.45) is 4.38. The SMILES string of the molecule is Nc1ncnc2c1ncn2CCCOC1COC1. The molecule has 0 bridgehead atoms. The maximum absolute atomic E-state index is 5.72. The number of hydrogen-bond acceptors (Lipinski definition) is 6. The first-order valence-electron chi connectivity index (χ1n) is 5.95. The van der Waals surface area contributed by atoms with E-state index in [4.69, 9.17) is 15.2 Å². The summed E-state index contributed by atoms with van der Waals surface area (Å²) >= 11 is 0. The zero-order valence-electron chi connectivity index (χ0n) is 9.95. The van der Waals surface area contributed by atoms with Gasteiger partial charge >= 0.3 is 0 Å². The van der Waals surface area contributed by atoms with Gasteiger partial charge in [-0.25, -0.2) is 15.0 Å². The van der Waals surface area contributed by atoms with Gasteiger partial charge in [0.2, 0.25) is 0 Å². The van der Waals surface area contributed by atoms with Gasteiger partial charge in [-0.15, -0.1) is 0 Å². The molecule has 0 atom stereocenters. The Morgan fingerprint density at radius 2 is 2.28 bits per heavy atom. The van der Waals surface area contributed by atoms with Gasteiger partial charge in [-0.05, 0) is 6.42 Å². The molecule has 0 radical (unpaired) electrons. The molecule has 96 valence electrons. The Balaban J connectivity index is 1.58. The van der Waals surface area contributed by atoms with Crippen LogP contribution in [-0.4, -0.2) is 45.4 Å². The molecular formula is C11H15N5O2. The molecule has 0 saturated carbocycles. The van der Waals surface area contributed by atoms with Crippen LogP contribution in [0.3, 0.4) is 0 Å². The van der Waals surface area contributed by atoms with E-state index in [1.165, 1.54) is 6.33 Å². The molecule has 1 fully saturated rings. The van der Waals surface area contributed by atoms with E-state index in [1.54, 1.807) is 6.33 Å². The van der Waals surface area contributed by atoms with Crippen molar-refractivity contribution in [1.82, 2.24) is 19.5 Å². The lowest BCUT2D eigenvalue weighted by Gasteiger charge is -2.25. The van der Waals surface area contributed by atoms with Gasteiger partial charge in [0.15, 0.2) is 11.5 Å². The van der Waals surface area contributed by atoms with Crippen LogP contribution in [-0.2, 0) is 16.0 Å². The molecule has 3 rings (SSSR count). The Morgan fingerprint density at radius 1 is 1.39 bits per heavy atom. The number of nitrogens with zero attached hydrogens (tertiary/aromatic N) is 4. The number of imidazole rings is 1. The molecule has 18 heavy (non-hydrogen) atoms. The van der Waals surface area contributed by atoms with E-state index in [0.29, 0.717) is 17.9 Å². The molecule has 0 aliphatic carbocycles. The summed E-state index contributed by atoms with van der Waals surface area (Å²) in [7, 11) is 0. The lowest BCUT2D eigenvalue weighted by atomic mass is 10.3. The van der Waals surface area contributed by atoms with Crippen molar-refractivity contribution in [3.8, 4) is 0 Å². The predicted octanol–water partition coefficient (Wildman–Crippen LogP) is 0.214.